The molecule has 0 bridgehead atoms. The van der Waals surface area contributed by atoms with E-state index in [0.29, 0.717) is 0 Å². The van der Waals surface area contributed by atoms with Crippen LogP contribution in [0.2, 0.25) is 0 Å². The molecule has 0 amide bonds. The quantitative estimate of drug-likeness (QED) is 0.179. The highest BCUT2D eigenvalue weighted by Gasteiger charge is 2.26. The molecule has 37 heavy (non-hydrogen) atoms. The number of hydrogen-bond donors (Lipinski definition) is 0. The minimum atomic E-state index is 0.0502. The maximum absolute atomic E-state index is 14.1. The highest BCUT2D eigenvalue weighted by molar-refractivity contribution is 7.98. The lowest BCUT2D eigenvalue weighted by atomic mass is 10.0. The van der Waals surface area contributed by atoms with Crippen LogP contribution in [0.4, 0.5) is 0 Å². The van der Waals surface area contributed by atoms with Crippen LogP contribution in [0.25, 0.3) is 15.9 Å². The van der Waals surface area contributed by atoms with E-state index in [-0.39, 0.29) is 5.56 Å². The van der Waals surface area contributed by atoms with E-state index in [2.05, 4.69) is 85.5 Å². The van der Waals surface area contributed by atoms with E-state index < -0.39 is 0 Å². The van der Waals surface area contributed by atoms with Crippen molar-refractivity contribution >= 4 is 33.3 Å². The van der Waals surface area contributed by atoms with Crippen molar-refractivity contribution in [2.24, 2.45) is 0 Å². The first kappa shape index (κ1) is 24.2. The number of thiophene rings is 1. The van der Waals surface area contributed by atoms with E-state index in [1.807, 2.05) is 16.7 Å². The van der Waals surface area contributed by atoms with Gasteiger partial charge in [0, 0.05) is 30.3 Å². The fraction of sp³-hybridized carbons (Fsp3) is 0.226. The van der Waals surface area contributed by atoms with Crippen molar-refractivity contribution in [2.75, 3.05) is 6.54 Å². The summed E-state index contributed by atoms with van der Waals surface area (Å²) in [6.07, 6.45) is 0.878. The Hall–Kier alpha value is -3.19. The van der Waals surface area contributed by atoms with E-state index >= 15 is 0 Å². The average Bonchev–Trinajstić information content (AvgIpc) is 3.27. The summed E-state index contributed by atoms with van der Waals surface area (Å²) in [7, 11) is 0. The van der Waals surface area contributed by atoms with Gasteiger partial charge in [-0.3, -0.25) is 14.3 Å². The summed E-state index contributed by atoms with van der Waals surface area (Å²) in [5, 5.41) is 1.56. The molecule has 0 saturated carbocycles. The molecule has 0 spiro atoms. The molecule has 0 N–H and O–H groups in total. The highest BCUT2D eigenvalue weighted by Crippen LogP contribution is 2.35. The minimum Gasteiger partial charge on any atom is -0.294 e. The van der Waals surface area contributed by atoms with Gasteiger partial charge in [-0.25, -0.2) is 4.98 Å². The predicted octanol–water partition coefficient (Wildman–Crippen LogP) is 6.91. The van der Waals surface area contributed by atoms with Gasteiger partial charge in [0.2, 0.25) is 0 Å². The number of aryl methyl sites for hydroxylation is 2. The van der Waals surface area contributed by atoms with Crippen LogP contribution in [0.3, 0.4) is 0 Å². The van der Waals surface area contributed by atoms with Gasteiger partial charge < -0.3 is 0 Å². The Labute approximate surface area is 225 Å². The van der Waals surface area contributed by atoms with E-state index in [4.69, 9.17) is 4.98 Å². The molecule has 2 aromatic heterocycles. The van der Waals surface area contributed by atoms with E-state index in [9.17, 15) is 4.79 Å². The first-order chi connectivity index (χ1) is 18.0. The molecule has 1 aliphatic rings. The molecule has 186 valence electrons. The van der Waals surface area contributed by atoms with Crippen molar-refractivity contribution in [3.8, 4) is 5.69 Å². The lowest BCUT2D eigenvalue weighted by molar-refractivity contribution is 0.249. The van der Waals surface area contributed by atoms with Crippen LogP contribution < -0.4 is 5.56 Å². The number of benzene rings is 3. The normalized spacial score (nSPS) is 13.7. The highest BCUT2D eigenvalue weighted by atomic mass is 32.2. The molecule has 0 unspecified atom stereocenters. The predicted molar refractivity (Wildman–Crippen MR) is 155 cm³/mol. The summed E-state index contributed by atoms with van der Waals surface area (Å²) in [6, 6.07) is 27.4. The number of rotatable bonds is 6. The Morgan fingerprint density at radius 3 is 2.32 bits per heavy atom. The average molecular weight is 524 g/mol. The first-order valence-corrected chi connectivity index (χ1v) is 14.4. The van der Waals surface area contributed by atoms with Gasteiger partial charge in [-0.15, -0.1) is 11.3 Å². The number of hydrogen-bond acceptors (Lipinski definition) is 5. The molecule has 6 heteroatoms. The van der Waals surface area contributed by atoms with Crippen molar-refractivity contribution in [3.63, 3.8) is 0 Å². The zero-order valence-corrected chi connectivity index (χ0v) is 22.7. The van der Waals surface area contributed by atoms with Gasteiger partial charge in [-0.1, -0.05) is 89.6 Å². The summed E-state index contributed by atoms with van der Waals surface area (Å²) in [4.78, 5) is 23.8. The van der Waals surface area contributed by atoms with E-state index in [0.717, 1.165) is 52.9 Å². The number of aromatic nitrogens is 2. The third-order valence-corrected chi connectivity index (χ3v) is 9.07. The lowest BCUT2D eigenvalue weighted by Crippen LogP contribution is -2.30. The molecular weight excluding hydrogens is 494 g/mol. The van der Waals surface area contributed by atoms with Gasteiger partial charge in [0.15, 0.2) is 5.16 Å². The molecule has 4 nitrogen and oxygen atoms in total. The Kier molecular flexibility index (Phi) is 6.72. The van der Waals surface area contributed by atoms with Crippen LogP contribution in [0, 0.1) is 13.8 Å². The third kappa shape index (κ3) is 5.01. The minimum absolute atomic E-state index is 0.0502. The fourth-order valence-electron chi connectivity index (χ4n) is 4.90. The number of fused-ring (bicyclic) bond motifs is 3. The lowest BCUT2D eigenvalue weighted by Gasteiger charge is -2.26. The monoisotopic (exact) mass is 523 g/mol. The van der Waals surface area contributed by atoms with Gasteiger partial charge in [-0.05, 0) is 49.1 Å². The largest absolute Gasteiger partial charge is 0.294 e. The van der Waals surface area contributed by atoms with Gasteiger partial charge in [0.1, 0.15) is 4.83 Å². The van der Waals surface area contributed by atoms with Crippen molar-refractivity contribution in [3.05, 3.63) is 122 Å². The van der Waals surface area contributed by atoms with Gasteiger partial charge >= 0.3 is 0 Å². The van der Waals surface area contributed by atoms with Crippen LogP contribution in [-0.4, -0.2) is 21.0 Å². The van der Waals surface area contributed by atoms with E-state index in [1.165, 1.54) is 32.7 Å². The standard InChI is InChI=1S/C31H29N3OS2/c1-21-8-12-24(13-9-21)20-36-31-32-29-28(30(35)34(31)25-14-10-22(2)11-15-25)26-16-17-33(19-27(26)37-29)18-23-6-4-3-5-7-23/h3-15H,16-20H2,1-2H3. The summed E-state index contributed by atoms with van der Waals surface area (Å²) >= 11 is 3.32. The summed E-state index contributed by atoms with van der Waals surface area (Å²) in [5.41, 5.74) is 7.08. The zero-order chi connectivity index (χ0) is 25.4. The summed E-state index contributed by atoms with van der Waals surface area (Å²) in [6.45, 7) is 6.90. The molecule has 3 heterocycles. The van der Waals surface area contributed by atoms with Crippen molar-refractivity contribution in [2.45, 2.75) is 44.3 Å². The van der Waals surface area contributed by atoms with E-state index in [1.54, 1.807) is 23.1 Å². The topological polar surface area (TPSA) is 38.1 Å². The van der Waals surface area contributed by atoms with Crippen LogP contribution in [-0.2, 0) is 25.3 Å². The van der Waals surface area contributed by atoms with Crippen molar-refractivity contribution < 1.29 is 0 Å². The SMILES string of the molecule is Cc1ccc(CSc2nc3sc4c(c3c(=O)n2-c2ccc(C)cc2)CCN(Cc2ccccc2)C4)cc1. The molecule has 5 aromatic rings. The Balaban J connectivity index is 1.39. The summed E-state index contributed by atoms with van der Waals surface area (Å²) in [5.74, 6) is 0.764. The third-order valence-electron chi connectivity index (χ3n) is 6.95. The van der Waals surface area contributed by atoms with Crippen molar-refractivity contribution in [1.82, 2.24) is 14.5 Å². The smallest absolute Gasteiger partial charge is 0.267 e. The Morgan fingerprint density at radius 1 is 0.892 bits per heavy atom. The maximum atomic E-state index is 14.1. The van der Waals surface area contributed by atoms with Crippen LogP contribution >= 0.6 is 23.1 Å². The second kappa shape index (κ2) is 10.3. The Bertz CT molecular complexity index is 1600. The van der Waals surface area contributed by atoms with Gasteiger partial charge in [0.05, 0.1) is 11.1 Å². The summed E-state index contributed by atoms with van der Waals surface area (Å²) < 4.78 is 1.82. The maximum Gasteiger partial charge on any atom is 0.267 e. The Morgan fingerprint density at radius 2 is 1.59 bits per heavy atom. The van der Waals surface area contributed by atoms with Crippen LogP contribution in [0.15, 0.2) is 88.8 Å². The molecule has 3 aromatic carbocycles. The molecule has 0 saturated heterocycles. The molecule has 6 rings (SSSR count). The second-order valence-electron chi connectivity index (χ2n) is 9.77. The molecule has 0 fully saturated rings. The van der Waals surface area contributed by atoms with Gasteiger partial charge in [-0.2, -0.15) is 0 Å². The first-order valence-electron chi connectivity index (χ1n) is 12.6. The second-order valence-corrected chi connectivity index (χ2v) is 11.8. The fourth-order valence-corrected chi connectivity index (χ4v) is 7.18. The zero-order valence-electron chi connectivity index (χ0n) is 21.1. The molecule has 1 aliphatic heterocycles. The van der Waals surface area contributed by atoms with Gasteiger partial charge in [0.25, 0.3) is 5.56 Å². The molecule has 0 radical (unpaired) electrons. The number of nitrogens with zero attached hydrogens (tertiary/aromatic N) is 3. The van der Waals surface area contributed by atoms with Crippen molar-refractivity contribution in [1.29, 1.82) is 0 Å². The van der Waals surface area contributed by atoms with Crippen LogP contribution in [0.1, 0.15) is 32.7 Å². The molecule has 0 atom stereocenters. The molecular formula is C31H29N3OS2. The van der Waals surface area contributed by atoms with Crippen LogP contribution in [0.5, 0.6) is 0 Å². The number of thioether (sulfide) groups is 1. The molecule has 0 aliphatic carbocycles.